The van der Waals surface area contributed by atoms with Gasteiger partial charge in [-0.1, -0.05) is 22.0 Å². The second-order valence-corrected chi connectivity index (χ2v) is 4.92. The number of hydrogen-bond acceptors (Lipinski definition) is 3. The van der Waals surface area contributed by atoms with E-state index in [-0.39, 0.29) is 5.70 Å². The summed E-state index contributed by atoms with van der Waals surface area (Å²) in [5, 5.41) is 10.7. The van der Waals surface area contributed by atoms with Gasteiger partial charge in [0.15, 0.2) is 0 Å². The lowest BCUT2D eigenvalue weighted by Gasteiger charge is -2.08. The van der Waals surface area contributed by atoms with E-state index in [4.69, 9.17) is 0 Å². The van der Waals surface area contributed by atoms with Crippen molar-refractivity contribution in [1.29, 1.82) is 0 Å². The van der Waals surface area contributed by atoms with Crippen molar-refractivity contribution in [3.05, 3.63) is 67.3 Å². The van der Waals surface area contributed by atoms with E-state index in [0.29, 0.717) is 5.57 Å². The Morgan fingerprint density at radius 2 is 1.94 bits per heavy atom. The van der Waals surface area contributed by atoms with Crippen LogP contribution in [0.3, 0.4) is 0 Å². The number of rotatable bonds is 1. The highest BCUT2D eigenvalue weighted by Gasteiger charge is 2.34. The van der Waals surface area contributed by atoms with Crippen molar-refractivity contribution in [3.63, 3.8) is 0 Å². The molecular formula is C13H6BrNO3. The molecule has 0 unspecified atom stereocenters. The van der Waals surface area contributed by atoms with Crippen molar-refractivity contribution in [2.45, 2.75) is 0 Å². The highest BCUT2D eigenvalue weighted by Crippen LogP contribution is 2.40. The fourth-order valence-corrected chi connectivity index (χ4v) is 2.54. The molecule has 0 heterocycles. The van der Waals surface area contributed by atoms with Gasteiger partial charge in [-0.05, 0) is 41.0 Å². The van der Waals surface area contributed by atoms with Crippen molar-refractivity contribution in [3.8, 4) is 0 Å². The van der Waals surface area contributed by atoms with Gasteiger partial charge >= 0.3 is 5.70 Å². The van der Waals surface area contributed by atoms with Gasteiger partial charge in [0, 0.05) is 16.1 Å². The normalized spacial score (nSPS) is 16.5. The third kappa shape index (κ3) is 1.48. The maximum Gasteiger partial charge on any atom is 0.316 e. The lowest BCUT2D eigenvalue weighted by molar-refractivity contribution is -0.418. The van der Waals surface area contributed by atoms with Crippen LogP contribution in [0.15, 0.2) is 46.1 Å². The molecule has 0 bridgehead atoms. The maximum atomic E-state index is 12.0. The molecule has 0 radical (unpaired) electrons. The Balaban J connectivity index is 2.18. The van der Waals surface area contributed by atoms with Crippen LogP contribution in [0.1, 0.15) is 11.1 Å². The quantitative estimate of drug-likeness (QED) is 0.592. The molecule has 18 heavy (non-hydrogen) atoms. The van der Waals surface area contributed by atoms with Crippen LogP contribution in [0.4, 0.5) is 0 Å². The molecular weight excluding hydrogens is 298 g/mol. The SMILES string of the molecule is O=C1C2=Cc3cc(Br)ccc3C2=CC=C1[N+](=O)[O-]. The van der Waals surface area contributed by atoms with Gasteiger partial charge in [-0.2, -0.15) is 0 Å². The van der Waals surface area contributed by atoms with E-state index >= 15 is 0 Å². The molecule has 5 heteroatoms. The summed E-state index contributed by atoms with van der Waals surface area (Å²) in [5.41, 5.74) is 2.61. The summed E-state index contributed by atoms with van der Waals surface area (Å²) in [4.78, 5) is 22.1. The number of halogens is 1. The largest absolute Gasteiger partial charge is 0.316 e. The zero-order valence-electron chi connectivity index (χ0n) is 9.01. The predicted octanol–water partition coefficient (Wildman–Crippen LogP) is 2.97. The molecule has 1 aromatic rings. The van der Waals surface area contributed by atoms with Crippen LogP contribution in [0.2, 0.25) is 0 Å². The van der Waals surface area contributed by atoms with Crippen molar-refractivity contribution in [2.24, 2.45) is 0 Å². The van der Waals surface area contributed by atoms with Crippen LogP contribution in [-0.2, 0) is 4.79 Å². The third-order valence-corrected chi connectivity index (χ3v) is 3.47. The number of carbonyl (C=O) groups is 1. The van der Waals surface area contributed by atoms with E-state index in [1.807, 2.05) is 18.2 Å². The number of nitro groups is 1. The Morgan fingerprint density at radius 3 is 2.67 bits per heavy atom. The van der Waals surface area contributed by atoms with Crippen molar-refractivity contribution < 1.29 is 9.72 Å². The monoisotopic (exact) mass is 303 g/mol. The molecule has 1 aromatic carbocycles. The van der Waals surface area contributed by atoms with Gasteiger partial charge in [-0.15, -0.1) is 0 Å². The van der Waals surface area contributed by atoms with Gasteiger partial charge < -0.3 is 0 Å². The first-order valence-corrected chi connectivity index (χ1v) is 6.00. The molecule has 0 aromatic heterocycles. The summed E-state index contributed by atoms with van der Waals surface area (Å²) in [6, 6.07) is 5.67. The molecule has 0 fully saturated rings. The number of allylic oxidation sites excluding steroid dienone is 4. The van der Waals surface area contributed by atoms with E-state index in [2.05, 4.69) is 15.9 Å². The summed E-state index contributed by atoms with van der Waals surface area (Å²) in [6.45, 7) is 0. The Bertz CT molecular complexity index is 698. The minimum Gasteiger partial charge on any atom is -0.282 e. The van der Waals surface area contributed by atoms with E-state index in [1.165, 1.54) is 6.08 Å². The van der Waals surface area contributed by atoms with Gasteiger partial charge in [0.1, 0.15) is 0 Å². The zero-order valence-corrected chi connectivity index (χ0v) is 10.6. The number of carbonyl (C=O) groups excluding carboxylic acids is 1. The minimum atomic E-state index is -0.643. The molecule has 0 spiro atoms. The van der Waals surface area contributed by atoms with Crippen LogP contribution in [-0.4, -0.2) is 10.7 Å². The number of hydrogen-bond donors (Lipinski definition) is 0. The van der Waals surface area contributed by atoms with Crippen LogP contribution in [0, 0.1) is 10.1 Å². The molecule has 0 amide bonds. The Morgan fingerprint density at radius 1 is 1.17 bits per heavy atom. The molecule has 88 valence electrons. The van der Waals surface area contributed by atoms with Gasteiger partial charge in [-0.3, -0.25) is 14.9 Å². The standard InChI is InChI=1S/C13H6BrNO3/c14-8-1-2-9-7(5-8)6-11-10(9)3-4-12(13(11)16)15(17)18/h1-6H. The molecule has 0 aliphatic heterocycles. The Labute approximate surface area is 111 Å². The van der Waals surface area contributed by atoms with Crippen LogP contribution < -0.4 is 0 Å². The average Bonchev–Trinajstić information content (AvgIpc) is 2.67. The molecule has 2 aliphatic rings. The van der Waals surface area contributed by atoms with Crippen LogP contribution in [0.25, 0.3) is 11.6 Å². The number of nitrogens with zero attached hydrogens (tertiary/aromatic N) is 1. The van der Waals surface area contributed by atoms with Crippen LogP contribution in [0.5, 0.6) is 0 Å². The summed E-state index contributed by atoms with van der Waals surface area (Å²) in [5.74, 6) is -0.523. The van der Waals surface area contributed by atoms with E-state index in [9.17, 15) is 14.9 Å². The minimum absolute atomic E-state index is 0.378. The van der Waals surface area contributed by atoms with Gasteiger partial charge in [-0.25, -0.2) is 0 Å². The summed E-state index contributed by atoms with van der Waals surface area (Å²) in [7, 11) is 0. The zero-order chi connectivity index (χ0) is 12.9. The number of Topliss-reactive ketones (excluding diaryl/α,β-unsaturated/α-hetero) is 1. The summed E-state index contributed by atoms with van der Waals surface area (Å²) in [6.07, 6.45) is 4.60. The van der Waals surface area contributed by atoms with E-state index < -0.39 is 10.7 Å². The molecule has 4 nitrogen and oxygen atoms in total. The Hall–Kier alpha value is -2.01. The number of ketones is 1. The van der Waals surface area contributed by atoms with Gasteiger partial charge in [0.2, 0.25) is 0 Å². The van der Waals surface area contributed by atoms with Gasteiger partial charge in [0.05, 0.1) is 4.92 Å². The first kappa shape index (κ1) is 11.1. The fourth-order valence-electron chi connectivity index (χ4n) is 2.16. The third-order valence-electron chi connectivity index (χ3n) is 2.98. The first-order valence-electron chi connectivity index (χ1n) is 5.21. The smallest absolute Gasteiger partial charge is 0.282 e. The molecule has 2 aliphatic carbocycles. The predicted molar refractivity (Wildman–Crippen MR) is 70.2 cm³/mol. The van der Waals surface area contributed by atoms with Crippen LogP contribution >= 0.6 is 15.9 Å². The second kappa shape index (κ2) is 3.74. The van der Waals surface area contributed by atoms with E-state index in [1.54, 1.807) is 12.2 Å². The van der Waals surface area contributed by atoms with Crippen molar-refractivity contribution in [2.75, 3.05) is 0 Å². The van der Waals surface area contributed by atoms with Crippen molar-refractivity contribution in [1.82, 2.24) is 0 Å². The second-order valence-electron chi connectivity index (χ2n) is 4.01. The van der Waals surface area contributed by atoms with E-state index in [0.717, 1.165) is 21.2 Å². The lowest BCUT2D eigenvalue weighted by Crippen LogP contribution is -2.15. The first-order chi connectivity index (χ1) is 8.58. The maximum absolute atomic E-state index is 12.0. The van der Waals surface area contributed by atoms with Gasteiger partial charge in [0.25, 0.3) is 5.78 Å². The molecule has 0 atom stereocenters. The lowest BCUT2D eigenvalue weighted by atomic mass is 9.94. The molecule has 0 saturated heterocycles. The van der Waals surface area contributed by atoms with Crippen molar-refractivity contribution >= 4 is 33.4 Å². The fraction of sp³-hybridized carbons (Fsp3) is 0. The molecule has 0 N–H and O–H groups in total. The Kier molecular flexibility index (Phi) is 2.31. The molecule has 0 saturated carbocycles. The highest BCUT2D eigenvalue weighted by molar-refractivity contribution is 9.10. The summed E-state index contributed by atoms with van der Waals surface area (Å²) < 4.78 is 0.909. The number of benzene rings is 1. The number of fused-ring (bicyclic) bond motifs is 3. The highest BCUT2D eigenvalue weighted by atomic mass is 79.9. The average molecular weight is 304 g/mol. The summed E-state index contributed by atoms with van der Waals surface area (Å²) >= 11 is 3.36. The molecule has 3 rings (SSSR count). The topological polar surface area (TPSA) is 60.2 Å².